The van der Waals surface area contributed by atoms with E-state index in [9.17, 15) is 4.79 Å². The van der Waals surface area contributed by atoms with Crippen LogP contribution in [-0.2, 0) is 0 Å². The lowest BCUT2D eigenvalue weighted by Gasteiger charge is -2.12. The molecule has 5 nitrogen and oxygen atoms in total. The van der Waals surface area contributed by atoms with Crippen molar-refractivity contribution >= 4 is 5.91 Å². The summed E-state index contributed by atoms with van der Waals surface area (Å²) >= 11 is 0. The number of rotatable bonds is 5. The number of hydrogen-bond donors (Lipinski definition) is 2. The van der Waals surface area contributed by atoms with E-state index in [2.05, 4.69) is 11.4 Å². The first-order valence-electron chi connectivity index (χ1n) is 7.24. The predicted molar refractivity (Wildman–Crippen MR) is 86.4 cm³/mol. The summed E-state index contributed by atoms with van der Waals surface area (Å²) in [4.78, 5) is 11.9. The average molecular weight is 310 g/mol. The van der Waals surface area contributed by atoms with E-state index in [0.717, 1.165) is 5.56 Å². The van der Waals surface area contributed by atoms with Gasteiger partial charge >= 0.3 is 0 Å². The third-order valence-electron chi connectivity index (χ3n) is 3.30. The molecule has 0 bridgehead atoms. The highest BCUT2D eigenvalue weighted by molar-refractivity contribution is 5.94. The normalized spacial score (nSPS) is 11.4. The van der Waals surface area contributed by atoms with Gasteiger partial charge in [-0.2, -0.15) is 5.26 Å². The number of aliphatic hydroxyl groups excluding tert-OH is 1. The molecule has 0 aliphatic carbocycles. The van der Waals surface area contributed by atoms with E-state index >= 15 is 0 Å². The molecule has 0 radical (unpaired) electrons. The first kappa shape index (κ1) is 16.5. The molecule has 0 fully saturated rings. The van der Waals surface area contributed by atoms with Crippen LogP contribution >= 0.6 is 0 Å². The monoisotopic (exact) mass is 310 g/mol. The Bertz CT molecular complexity index is 733. The summed E-state index contributed by atoms with van der Waals surface area (Å²) in [5.41, 5.74) is 1.94. The van der Waals surface area contributed by atoms with Crippen molar-refractivity contribution in [3.8, 4) is 17.6 Å². The summed E-state index contributed by atoms with van der Waals surface area (Å²) in [7, 11) is 0. The average Bonchev–Trinajstić information content (AvgIpc) is 2.57. The minimum absolute atomic E-state index is 0.106. The highest BCUT2D eigenvalue weighted by Gasteiger charge is 2.09. The van der Waals surface area contributed by atoms with Crippen LogP contribution < -0.4 is 10.1 Å². The second-order valence-corrected chi connectivity index (χ2v) is 5.28. The van der Waals surface area contributed by atoms with Gasteiger partial charge in [-0.3, -0.25) is 4.79 Å². The van der Waals surface area contributed by atoms with Crippen molar-refractivity contribution in [1.82, 2.24) is 5.32 Å². The first-order chi connectivity index (χ1) is 11.0. The van der Waals surface area contributed by atoms with Crippen LogP contribution in [0, 0.1) is 18.3 Å². The maximum absolute atomic E-state index is 11.9. The zero-order valence-electron chi connectivity index (χ0n) is 13.0. The number of nitrogens with zero attached hydrogens (tertiary/aromatic N) is 1. The SMILES string of the molecule is Cc1cc(C#N)ccc1Oc1ccc(C(=O)NC(C)CO)cc1. The van der Waals surface area contributed by atoms with Crippen LogP contribution in [0.1, 0.15) is 28.4 Å². The number of nitriles is 1. The molecule has 1 atom stereocenters. The van der Waals surface area contributed by atoms with E-state index in [4.69, 9.17) is 15.1 Å². The fourth-order valence-corrected chi connectivity index (χ4v) is 1.99. The quantitative estimate of drug-likeness (QED) is 0.889. The van der Waals surface area contributed by atoms with E-state index in [-0.39, 0.29) is 18.6 Å². The van der Waals surface area contributed by atoms with Crippen molar-refractivity contribution < 1.29 is 14.6 Å². The van der Waals surface area contributed by atoms with Crippen molar-refractivity contribution in [2.45, 2.75) is 19.9 Å². The van der Waals surface area contributed by atoms with Gasteiger partial charge in [0.1, 0.15) is 11.5 Å². The molecule has 1 unspecified atom stereocenters. The van der Waals surface area contributed by atoms with Crippen LogP contribution in [0.2, 0.25) is 0 Å². The van der Waals surface area contributed by atoms with Crippen molar-refractivity contribution in [3.05, 3.63) is 59.2 Å². The zero-order chi connectivity index (χ0) is 16.8. The van der Waals surface area contributed by atoms with Gasteiger partial charge in [0.15, 0.2) is 0 Å². The lowest BCUT2D eigenvalue weighted by Crippen LogP contribution is -2.34. The molecule has 118 valence electrons. The number of aryl methyl sites for hydroxylation is 1. The third kappa shape index (κ3) is 4.31. The summed E-state index contributed by atoms with van der Waals surface area (Å²) in [6.45, 7) is 3.49. The van der Waals surface area contributed by atoms with Gasteiger partial charge in [-0.05, 0) is 61.9 Å². The fourth-order valence-electron chi connectivity index (χ4n) is 1.99. The zero-order valence-corrected chi connectivity index (χ0v) is 13.0. The van der Waals surface area contributed by atoms with Gasteiger partial charge in [0.05, 0.1) is 18.2 Å². The summed E-state index contributed by atoms with van der Waals surface area (Å²) in [5.74, 6) is 1.02. The molecule has 0 heterocycles. The van der Waals surface area contributed by atoms with Gasteiger partial charge in [-0.1, -0.05) is 0 Å². The Labute approximate surface area is 135 Å². The van der Waals surface area contributed by atoms with Crippen LogP contribution in [0.4, 0.5) is 0 Å². The third-order valence-corrected chi connectivity index (χ3v) is 3.30. The molecule has 1 amide bonds. The Kier molecular flexibility index (Phi) is 5.34. The van der Waals surface area contributed by atoms with E-state index in [0.29, 0.717) is 22.6 Å². The highest BCUT2D eigenvalue weighted by atomic mass is 16.5. The van der Waals surface area contributed by atoms with E-state index in [1.807, 2.05) is 6.92 Å². The number of carbonyl (C=O) groups excluding carboxylic acids is 1. The topological polar surface area (TPSA) is 82.3 Å². The Balaban J connectivity index is 2.08. The van der Waals surface area contributed by atoms with Crippen LogP contribution in [0.25, 0.3) is 0 Å². The molecule has 2 aromatic rings. The second kappa shape index (κ2) is 7.43. The van der Waals surface area contributed by atoms with Gasteiger partial charge in [-0.15, -0.1) is 0 Å². The summed E-state index contributed by atoms with van der Waals surface area (Å²) in [6.07, 6.45) is 0. The van der Waals surface area contributed by atoms with Crippen molar-refractivity contribution in [2.75, 3.05) is 6.61 Å². The molecule has 0 aliphatic heterocycles. The number of nitrogens with one attached hydrogen (secondary N) is 1. The molecule has 2 aromatic carbocycles. The Hall–Kier alpha value is -2.84. The van der Waals surface area contributed by atoms with Crippen LogP contribution in [0.5, 0.6) is 11.5 Å². The number of ether oxygens (including phenoxy) is 1. The lowest BCUT2D eigenvalue weighted by atomic mass is 10.1. The fraction of sp³-hybridized carbons (Fsp3) is 0.222. The molecular formula is C18H18N2O3. The van der Waals surface area contributed by atoms with Crippen molar-refractivity contribution in [3.63, 3.8) is 0 Å². The van der Waals surface area contributed by atoms with Gasteiger partial charge in [0, 0.05) is 11.6 Å². The molecule has 2 rings (SSSR count). The lowest BCUT2D eigenvalue weighted by molar-refractivity contribution is 0.0922. The number of aliphatic hydroxyl groups is 1. The minimum atomic E-state index is -0.292. The van der Waals surface area contributed by atoms with E-state index in [1.54, 1.807) is 49.4 Å². The number of benzene rings is 2. The second-order valence-electron chi connectivity index (χ2n) is 5.28. The predicted octanol–water partition coefficient (Wildman–Crippen LogP) is 2.77. The smallest absolute Gasteiger partial charge is 0.251 e. The molecule has 2 N–H and O–H groups in total. The van der Waals surface area contributed by atoms with E-state index in [1.165, 1.54) is 0 Å². The largest absolute Gasteiger partial charge is 0.457 e. The van der Waals surface area contributed by atoms with Gasteiger partial charge in [0.2, 0.25) is 0 Å². The molecular weight excluding hydrogens is 292 g/mol. The van der Waals surface area contributed by atoms with Crippen LogP contribution in [-0.4, -0.2) is 23.7 Å². The minimum Gasteiger partial charge on any atom is -0.457 e. The summed E-state index contributed by atoms with van der Waals surface area (Å²) in [5, 5.41) is 20.5. The maximum atomic E-state index is 11.9. The molecule has 23 heavy (non-hydrogen) atoms. The first-order valence-corrected chi connectivity index (χ1v) is 7.24. The molecule has 5 heteroatoms. The standard InChI is InChI=1S/C18H18N2O3/c1-12-9-14(10-19)3-8-17(12)23-16-6-4-15(5-7-16)18(22)20-13(2)11-21/h3-9,13,21H,11H2,1-2H3,(H,20,22). The van der Waals surface area contributed by atoms with Crippen molar-refractivity contribution in [1.29, 1.82) is 5.26 Å². The van der Waals surface area contributed by atoms with E-state index < -0.39 is 0 Å². The molecule has 0 aromatic heterocycles. The number of amides is 1. The van der Waals surface area contributed by atoms with Gasteiger partial charge in [-0.25, -0.2) is 0 Å². The summed E-state index contributed by atoms with van der Waals surface area (Å²) < 4.78 is 5.76. The molecule has 0 aliphatic rings. The van der Waals surface area contributed by atoms with Gasteiger partial charge < -0.3 is 15.2 Å². The molecule has 0 saturated carbocycles. The molecule has 0 saturated heterocycles. The number of hydrogen-bond acceptors (Lipinski definition) is 4. The van der Waals surface area contributed by atoms with Crippen molar-refractivity contribution in [2.24, 2.45) is 0 Å². The Morgan fingerprint density at radius 2 is 2.00 bits per heavy atom. The molecule has 0 spiro atoms. The van der Waals surface area contributed by atoms with Crippen LogP contribution in [0.15, 0.2) is 42.5 Å². The van der Waals surface area contributed by atoms with Gasteiger partial charge in [0.25, 0.3) is 5.91 Å². The van der Waals surface area contributed by atoms with Crippen LogP contribution in [0.3, 0.4) is 0 Å². The Morgan fingerprint density at radius 3 is 2.57 bits per heavy atom. The Morgan fingerprint density at radius 1 is 1.30 bits per heavy atom. The highest BCUT2D eigenvalue weighted by Crippen LogP contribution is 2.25. The maximum Gasteiger partial charge on any atom is 0.251 e. The summed E-state index contributed by atoms with van der Waals surface area (Å²) in [6, 6.07) is 13.7. The number of carbonyl (C=O) groups is 1.